The summed E-state index contributed by atoms with van der Waals surface area (Å²) in [5, 5.41) is 12.7. The molecule has 3 N–H and O–H groups in total. The minimum absolute atomic E-state index is 0.0168. The number of aromatic amines is 1. The van der Waals surface area contributed by atoms with Crippen molar-refractivity contribution < 1.29 is 14.7 Å². The smallest absolute Gasteiger partial charge is 0.255 e. The number of piperidine rings is 2. The van der Waals surface area contributed by atoms with Crippen molar-refractivity contribution in [2.45, 2.75) is 45.1 Å². The van der Waals surface area contributed by atoms with Gasteiger partial charge in [0.15, 0.2) is 0 Å². The third-order valence-electron chi connectivity index (χ3n) is 5.37. The quantitative estimate of drug-likeness (QED) is 0.729. The molecule has 7 heteroatoms. The Hall–Kier alpha value is -2.15. The van der Waals surface area contributed by atoms with E-state index in [-0.39, 0.29) is 23.3 Å². The molecule has 2 saturated heterocycles. The number of amides is 2. The van der Waals surface area contributed by atoms with Crippen LogP contribution in [0.25, 0.3) is 0 Å². The van der Waals surface area contributed by atoms with E-state index >= 15 is 0 Å². The second-order valence-corrected chi connectivity index (χ2v) is 7.45. The fourth-order valence-corrected chi connectivity index (χ4v) is 3.89. The minimum atomic E-state index is -0.569. The maximum absolute atomic E-state index is 12.9. The van der Waals surface area contributed by atoms with E-state index < -0.39 is 11.5 Å². The van der Waals surface area contributed by atoms with Crippen LogP contribution in [0.3, 0.4) is 0 Å². The summed E-state index contributed by atoms with van der Waals surface area (Å²) in [6.07, 6.45) is 1.02. The number of nitrogens with one attached hydrogen (secondary N) is 2. The summed E-state index contributed by atoms with van der Waals surface area (Å²) in [4.78, 5) is 41.3. The number of rotatable bonds is 2. The molecule has 1 aromatic heterocycles. The summed E-state index contributed by atoms with van der Waals surface area (Å²) >= 11 is 0. The number of nitrogens with zero attached hydrogens (tertiary/aromatic N) is 1. The second kappa shape index (κ2) is 6.63. The predicted octanol–water partition coefficient (Wildman–Crippen LogP) is 0.602. The van der Waals surface area contributed by atoms with Crippen LogP contribution in [0.15, 0.2) is 16.9 Å². The molecule has 7 nitrogen and oxygen atoms in total. The van der Waals surface area contributed by atoms with Crippen molar-refractivity contribution in [3.8, 4) is 0 Å². The number of carbonyl (C=O) groups excluding carboxylic acids is 2. The molecule has 2 aliphatic rings. The van der Waals surface area contributed by atoms with Crippen LogP contribution in [0.5, 0.6) is 0 Å². The van der Waals surface area contributed by atoms with Gasteiger partial charge in [0.2, 0.25) is 11.5 Å². The Bertz CT molecular complexity index is 732. The Balaban J connectivity index is 1.76. The SMILES string of the molecule is CC(C)c1[nH]c(=O)ccc1C(=O)N1CCC2(CC1)CC(O)CNC2=O. The number of likely N-dealkylation sites (tertiary alicyclic amines) is 1. The number of H-pyrrole nitrogens is 1. The number of hydrogen-bond donors (Lipinski definition) is 3. The molecule has 1 atom stereocenters. The van der Waals surface area contributed by atoms with Crippen molar-refractivity contribution in [1.29, 1.82) is 0 Å². The van der Waals surface area contributed by atoms with Crippen LogP contribution in [0.2, 0.25) is 0 Å². The Morgan fingerprint density at radius 1 is 1.28 bits per heavy atom. The first-order valence-corrected chi connectivity index (χ1v) is 8.81. The van der Waals surface area contributed by atoms with E-state index in [2.05, 4.69) is 10.3 Å². The van der Waals surface area contributed by atoms with Crippen LogP contribution < -0.4 is 10.9 Å². The van der Waals surface area contributed by atoms with Gasteiger partial charge in [-0.3, -0.25) is 14.4 Å². The molecule has 3 rings (SSSR count). The second-order valence-electron chi connectivity index (χ2n) is 7.45. The first-order valence-electron chi connectivity index (χ1n) is 8.81. The largest absolute Gasteiger partial charge is 0.391 e. The highest BCUT2D eigenvalue weighted by Crippen LogP contribution is 2.38. The van der Waals surface area contributed by atoms with Crippen molar-refractivity contribution in [3.63, 3.8) is 0 Å². The lowest BCUT2D eigenvalue weighted by Crippen LogP contribution is -2.56. The van der Waals surface area contributed by atoms with Crippen LogP contribution in [-0.2, 0) is 4.79 Å². The molecule has 2 fully saturated rings. The number of aliphatic hydroxyl groups is 1. The van der Waals surface area contributed by atoms with Gasteiger partial charge in [-0.25, -0.2) is 0 Å². The number of pyridine rings is 1. The predicted molar refractivity (Wildman–Crippen MR) is 92.4 cm³/mol. The van der Waals surface area contributed by atoms with Gasteiger partial charge in [-0.1, -0.05) is 13.8 Å². The molecule has 0 saturated carbocycles. The van der Waals surface area contributed by atoms with Crippen LogP contribution in [0.1, 0.15) is 55.1 Å². The van der Waals surface area contributed by atoms with Gasteiger partial charge in [0.1, 0.15) is 0 Å². The van der Waals surface area contributed by atoms with E-state index in [0.717, 1.165) is 0 Å². The summed E-state index contributed by atoms with van der Waals surface area (Å²) in [5.74, 6) is -0.105. The number of hydrogen-bond acceptors (Lipinski definition) is 4. The Morgan fingerprint density at radius 2 is 1.96 bits per heavy atom. The first-order chi connectivity index (χ1) is 11.8. The van der Waals surface area contributed by atoms with Gasteiger partial charge < -0.3 is 20.3 Å². The van der Waals surface area contributed by atoms with Gasteiger partial charge in [-0.15, -0.1) is 0 Å². The molecule has 1 unspecified atom stereocenters. The average molecular weight is 347 g/mol. The molecular weight excluding hydrogens is 322 g/mol. The Kier molecular flexibility index (Phi) is 4.69. The fraction of sp³-hybridized carbons (Fsp3) is 0.611. The van der Waals surface area contributed by atoms with Gasteiger partial charge in [0, 0.05) is 31.4 Å². The van der Waals surface area contributed by atoms with Crippen molar-refractivity contribution in [3.05, 3.63) is 33.7 Å². The number of carbonyl (C=O) groups is 2. The number of aliphatic hydroxyl groups excluding tert-OH is 1. The lowest BCUT2D eigenvalue weighted by atomic mass is 9.71. The van der Waals surface area contributed by atoms with Gasteiger partial charge in [-0.05, 0) is 31.2 Å². The molecule has 0 aliphatic carbocycles. The van der Waals surface area contributed by atoms with Gasteiger partial charge in [0.25, 0.3) is 5.91 Å². The summed E-state index contributed by atoms with van der Waals surface area (Å²) in [5.41, 5.74) is 0.369. The van der Waals surface area contributed by atoms with Crippen LogP contribution in [0, 0.1) is 5.41 Å². The van der Waals surface area contributed by atoms with E-state index in [4.69, 9.17) is 0 Å². The van der Waals surface area contributed by atoms with Gasteiger partial charge >= 0.3 is 0 Å². The summed E-state index contributed by atoms with van der Waals surface area (Å²) in [6, 6.07) is 2.95. The molecule has 136 valence electrons. The Labute approximate surface area is 146 Å². The zero-order chi connectivity index (χ0) is 18.2. The highest BCUT2D eigenvalue weighted by molar-refractivity contribution is 5.95. The zero-order valence-corrected chi connectivity index (χ0v) is 14.7. The molecule has 0 bridgehead atoms. The number of β-amino-alcohol motifs (C(OH)–C–C–N with tert-alkyl or cyclic N) is 1. The highest BCUT2D eigenvalue weighted by Gasteiger charge is 2.46. The lowest BCUT2D eigenvalue weighted by Gasteiger charge is -2.44. The molecule has 3 heterocycles. The maximum Gasteiger partial charge on any atom is 0.255 e. The minimum Gasteiger partial charge on any atom is -0.391 e. The third kappa shape index (κ3) is 3.33. The molecule has 0 radical (unpaired) electrons. The third-order valence-corrected chi connectivity index (χ3v) is 5.37. The van der Waals surface area contributed by atoms with E-state index in [0.29, 0.717) is 50.2 Å². The van der Waals surface area contributed by atoms with Crippen molar-refractivity contribution in [1.82, 2.24) is 15.2 Å². The normalized spacial score (nSPS) is 23.0. The molecule has 1 aromatic rings. The van der Waals surface area contributed by atoms with Crippen LogP contribution in [0.4, 0.5) is 0 Å². The van der Waals surface area contributed by atoms with Crippen LogP contribution in [-0.4, -0.2) is 52.5 Å². The molecule has 2 aliphatic heterocycles. The summed E-state index contributed by atoms with van der Waals surface area (Å²) in [6.45, 7) is 5.10. The molecule has 2 amide bonds. The van der Waals surface area contributed by atoms with Crippen molar-refractivity contribution in [2.24, 2.45) is 5.41 Å². The molecule has 25 heavy (non-hydrogen) atoms. The van der Waals surface area contributed by atoms with Gasteiger partial charge in [-0.2, -0.15) is 0 Å². The van der Waals surface area contributed by atoms with E-state index in [1.54, 1.807) is 11.0 Å². The van der Waals surface area contributed by atoms with Crippen molar-refractivity contribution in [2.75, 3.05) is 19.6 Å². The monoisotopic (exact) mass is 347 g/mol. The van der Waals surface area contributed by atoms with Gasteiger partial charge in [0.05, 0.1) is 17.1 Å². The number of aromatic nitrogens is 1. The average Bonchev–Trinajstić information content (AvgIpc) is 2.58. The van der Waals surface area contributed by atoms with Crippen LogP contribution >= 0.6 is 0 Å². The summed E-state index contributed by atoms with van der Waals surface area (Å²) < 4.78 is 0. The topological polar surface area (TPSA) is 102 Å². The van der Waals surface area contributed by atoms with E-state index in [1.807, 2.05) is 13.8 Å². The summed E-state index contributed by atoms with van der Waals surface area (Å²) in [7, 11) is 0. The fourth-order valence-electron chi connectivity index (χ4n) is 3.89. The maximum atomic E-state index is 12.9. The molecule has 1 spiro atoms. The highest BCUT2D eigenvalue weighted by atomic mass is 16.3. The first kappa shape index (κ1) is 17.7. The van der Waals surface area contributed by atoms with E-state index in [9.17, 15) is 19.5 Å². The standard InChI is InChI=1S/C18H25N3O4/c1-11(2)15-13(3-4-14(23)20-15)16(24)21-7-5-18(6-8-21)9-12(22)10-19-17(18)25/h3-4,11-12,22H,5-10H2,1-2H3,(H,19,25)(H,20,23). The van der Waals surface area contributed by atoms with E-state index in [1.165, 1.54) is 6.07 Å². The lowest BCUT2D eigenvalue weighted by molar-refractivity contribution is -0.140. The van der Waals surface area contributed by atoms with Crippen molar-refractivity contribution >= 4 is 11.8 Å². The molecular formula is C18H25N3O4. The zero-order valence-electron chi connectivity index (χ0n) is 14.7. The molecule has 0 aromatic carbocycles. The Morgan fingerprint density at radius 3 is 2.60 bits per heavy atom.